The van der Waals surface area contributed by atoms with E-state index in [0.29, 0.717) is 12.3 Å². The van der Waals surface area contributed by atoms with Crippen molar-refractivity contribution in [2.45, 2.75) is 26.4 Å². The van der Waals surface area contributed by atoms with Gasteiger partial charge in [0, 0.05) is 26.8 Å². The van der Waals surface area contributed by atoms with Crippen LogP contribution in [0.2, 0.25) is 0 Å². The van der Waals surface area contributed by atoms with Crippen LogP contribution in [-0.2, 0) is 4.74 Å². The molecule has 1 aromatic rings. The minimum atomic E-state index is -0.580. The molecule has 0 aromatic carbocycles. The average molecular weight is 241 g/mol. The molecule has 1 aromatic heterocycles. The Morgan fingerprint density at radius 3 is 2.88 bits per heavy atom. The quantitative estimate of drug-likeness (QED) is 0.730. The van der Waals surface area contributed by atoms with Gasteiger partial charge in [0.25, 0.3) is 0 Å². The third-order valence-corrected chi connectivity index (χ3v) is 2.80. The van der Waals surface area contributed by atoms with Crippen molar-refractivity contribution < 1.29 is 14.3 Å². The van der Waals surface area contributed by atoms with Gasteiger partial charge in [-0.15, -0.1) is 0 Å². The standard InChI is InChI=1S/C13H23NO3/c1-13(2,6-8-16-3)10-14-9-11(15)12-5-4-7-17-12/h4-5,7,11,14-15H,6,8-10H2,1-3H3. The zero-order valence-corrected chi connectivity index (χ0v) is 10.9. The third kappa shape index (κ3) is 5.35. The lowest BCUT2D eigenvalue weighted by atomic mass is 9.89. The van der Waals surface area contributed by atoms with E-state index >= 15 is 0 Å². The Labute approximate surface area is 103 Å². The summed E-state index contributed by atoms with van der Waals surface area (Å²) in [6.45, 7) is 6.46. The fourth-order valence-electron chi connectivity index (χ4n) is 1.60. The van der Waals surface area contributed by atoms with Crippen molar-refractivity contribution in [3.63, 3.8) is 0 Å². The molecule has 0 aliphatic carbocycles. The molecule has 98 valence electrons. The first-order chi connectivity index (χ1) is 8.05. The average Bonchev–Trinajstić information content (AvgIpc) is 2.79. The Balaban J connectivity index is 2.23. The zero-order chi connectivity index (χ0) is 12.7. The van der Waals surface area contributed by atoms with Crippen LogP contribution in [0.5, 0.6) is 0 Å². The van der Waals surface area contributed by atoms with Crippen LogP contribution >= 0.6 is 0 Å². The van der Waals surface area contributed by atoms with Crippen LogP contribution in [0.3, 0.4) is 0 Å². The number of nitrogens with one attached hydrogen (secondary N) is 1. The highest BCUT2D eigenvalue weighted by molar-refractivity contribution is 5.02. The van der Waals surface area contributed by atoms with Crippen molar-refractivity contribution in [2.24, 2.45) is 5.41 Å². The van der Waals surface area contributed by atoms with Gasteiger partial charge in [0.05, 0.1) is 6.26 Å². The molecule has 0 saturated carbocycles. The van der Waals surface area contributed by atoms with Crippen LogP contribution < -0.4 is 5.32 Å². The summed E-state index contributed by atoms with van der Waals surface area (Å²) >= 11 is 0. The molecule has 0 bridgehead atoms. The fraction of sp³-hybridized carbons (Fsp3) is 0.692. The zero-order valence-electron chi connectivity index (χ0n) is 10.9. The predicted octanol–water partition coefficient (Wildman–Crippen LogP) is 1.97. The smallest absolute Gasteiger partial charge is 0.133 e. The molecular formula is C13H23NO3. The van der Waals surface area contributed by atoms with E-state index in [9.17, 15) is 5.11 Å². The molecule has 0 spiro atoms. The van der Waals surface area contributed by atoms with Crippen molar-refractivity contribution in [3.05, 3.63) is 24.2 Å². The Morgan fingerprint density at radius 1 is 1.53 bits per heavy atom. The van der Waals surface area contributed by atoms with Crippen LogP contribution in [0.1, 0.15) is 32.1 Å². The number of ether oxygens (including phenoxy) is 1. The first-order valence-electron chi connectivity index (χ1n) is 5.96. The summed E-state index contributed by atoms with van der Waals surface area (Å²) in [5, 5.41) is 13.1. The molecule has 0 aliphatic heterocycles. The molecular weight excluding hydrogens is 218 g/mol. The Kier molecular flexibility index (Phi) is 5.68. The van der Waals surface area contributed by atoms with Gasteiger partial charge in [-0.2, -0.15) is 0 Å². The molecule has 2 N–H and O–H groups in total. The highest BCUT2D eigenvalue weighted by atomic mass is 16.5. The maximum atomic E-state index is 9.80. The molecule has 0 aliphatic rings. The van der Waals surface area contributed by atoms with Gasteiger partial charge >= 0.3 is 0 Å². The topological polar surface area (TPSA) is 54.6 Å². The number of methoxy groups -OCH3 is 1. The summed E-state index contributed by atoms with van der Waals surface area (Å²) in [6, 6.07) is 3.56. The van der Waals surface area contributed by atoms with E-state index in [4.69, 9.17) is 9.15 Å². The number of hydrogen-bond acceptors (Lipinski definition) is 4. The van der Waals surface area contributed by atoms with E-state index in [-0.39, 0.29) is 5.41 Å². The molecule has 0 fully saturated rings. The summed E-state index contributed by atoms with van der Waals surface area (Å²) in [6.07, 6.45) is 1.98. The van der Waals surface area contributed by atoms with E-state index in [2.05, 4.69) is 19.2 Å². The number of rotatable bonds is 8. The summed E-state index contributed by atoms with van der Waals surface area (Å²) in [4.78, 5) is 0. The maximum Gasteiger partial charge on any atom is 0.133 e. The largest absolute Gasteiger partial charge is 0.467 e. The molecule has 0 radical (unpaired) electrons. The summed E-state index contributed by atoms with van der Waals surface area (Å²) in [7, 11) is 1.71. The second kappa shape index (κ2) is 6.79. The lowest BCUT2D eigenvalue weighted by Gasteiger charge is -2.25. The molecule has 17 heavy (non-hydrogen) atoms. The maximum absolute atomic E-state index is 9.80. The van der Waals surface area contributed by atoms with Gasteiger partial charge in [0.15, 0.2) is 0 Å². The van der Waals surface area contributed by atoms with Gasteiger partial charge in [-0.1, -0.05) is 13.8 Å². The van der Waals surface area contributed by atoms with Gasteiger partial charge in [0.2, 0.25) is 0 Å². The Hall–Kier alpha value is -0.840. The van der Waals surface area contributed by atoms with Crippen LogP contribution in [0.4, 0.5) is 0 Å². The lowest BCUT2D eigenvalue weighted by molar-refractivity contribution is 0.130. The summed E-state index contributed by atoms with van der Waals surface area (Å²) in [5.41, 5.74) is 0.166. The van der Waals surface area contributed by atoms with Crippen molar-refractivity contribution in [3.8, 4) is 0 Å². The van der Waals surface area contributed by atoms with Gasteiger partial charge < -0.3 is 19.6 Å². The van der Waals surface area contributed by atoms with Crippen molar-refractivity contribution in [1.82, 2.24) is 5.32 Å². The SMILES string of the molecule is COCCC(C)(C)CNCC(O)c1ccco1. The summed E-state index contributed by atoms with van der Waals surface area (Å²) < 4.78 is 10.2. The van der Waals surface area contributed by atoms with E-state index in [1.165, 1.54) is 0 Å². The molecule has 1 rings (SSSR count). The van der Waals surface area contributed by atoms with Crippen molar-refractivity contribution in [1.29, 1.82) is 0 Å². The molecule has 1 unspecified atom stereocenters. The van der Waals surface area contributed by atoms with Gasteiger partial charge in [0.1, 0.15) is 11.9 Å². The number of furan rings is 1. The predicted molar refractivity (Wildman–Crippen MR) is 66.8 cm³/mol. The van der Waals surface area contributed by atoms with E-state index in [1.54, 1.807) is 25.5 Å². The van der Waals surface area contributed by atoms with Crippen LogP contribution in [-0.4, -0.2) is 31.9 Å². The lowest BCUT2D eigenvalue weighted by Crippen LogP contribution is -2.33. The minimum absolute atomic E-state index is 0.166. The Bertz CT molecular complexity index is 296. The fourth-order valence-corrected chi connectivity index (χ4v) is 1.60. The second-order valence-electron chi connectivity index (χ2n) is 5.07. The molecule has 0 saturated heterocycles. The molecule has 0 amide bonds. The van der Waals surface area contributed by atoms with E-state index in [0.717, 1.165) is 19.6 Å². The molecule has 4 nitrogen and oxygen atoms in total. The molecule has 4 heteroatoms. The second-order valence-corrected chi connectivity index (χ2v) is 5.07. The number of hydrogen-bond donors (Lipinski definition) is 2. The first-order valence-corrected chi connectivity index (χ1v) is 5.96. The molecule has 1 heterocycles. The highest BCUT2D eigenvalue weighted by Gasteiger charge is 2.18. The van der Waals surface area contributed by atoms with E-state index in [1.807, 2.05) is 0 Å². The van der Waals surface area contributed by atoms with Gasteiger partial charge in [-0.25, -0.2) is 0 Å². The molecule has 1 atom stereocenters. The van der Waals surface area contributed by atoms with Crippen LogP contribution in [0, 0.1) is 5.41 Å². The van der Waals surface area contributed by atoms with Crippen molar-refractivity contribution in [2.75, 3.05) is 26.8 Å². The summed E-state index contributed by atoms with van der Waals surface area (Å²) in [5.74, 6) is 0.604. The van der Waals surface area contributed by atoms with E-state index < -0.39 is 6.10 Å². The first kappa shape index (κ1) is 14.2. The van der Waals surface area contributed by atoms with Crippen LogP contribution in [0.25, 0.3) is 0 Å². The monoisotopic (exact) mass is 241 g/mol. The third-order valence-electron chi connectivity index (χ3n) is 2.80. The number of aliphatic hydroxyl groups is 1. The normalized spacial score (nSPS) is 13.9. The van der Waals surface area contributed by atoms with Gasteiger partial charge in [-0.3, -0.25) is 0 Å². The minimum Gasteiger partial charge on any atom is -0.467 e. The number of aliphatic hydroxyl groups excluding tert-OH is 1. The Morgan fingerprint density at radius 2 is 2.29 bits per heavy atom. The van der Waals surface area contributed by atoms with Crippen LogP contribution in [0.15, 0.2) is 22.8 Å². The van der Waals surface area contributed by atoms with Crippen molar-refractivity contribution >= 4 is 0 Å². The highest BCUT2D eigenvalue weighted by Crippen LogP contribution is 2.19. The van der Waals surface area contributed by atoms with Gasteiger partial charge in [-0.05, 0) is 24.0 Å².